The fourth-order valence-electron chi connectivity index (χ4n) is 1.31. The van der Waals surface area contributed by atoms with Crippen LogP contribution in [0, 0.1) is 0 Å². The quantitative estimate of drug-likeness (QED) is 0.578. The van der Waals surface area contributed by atoms with E-state index < -0.39 is 9.84 Å². The Hall–Kier alpha value is -0.730. The van der Waals surface area contributed by atoms with Crippen molar-refractivity contribution in [2.45, 2.75) is 12.8 Å². The van der Waals surface area contributed by atoms with Crippen molar-refractivity contribution in [1.82, 2.24) is 9.80 Å². The van der Waals surface area contributed by atoms with Gasteiger partial charge in [0.1, 0.15) is 9.84 Å². The molecule has 0 heterocycles. The van der Waals surface area contributed by atoms with E-state index in [2.05, 4.69) is 0 Å². The molecule has 0 saturated heterocycles. The van der Waals surface area contributed by atoms with Gasteiger partial charge < -0.3 is 15.5 Å². The van der Waals surface area contributed by atoms with Crippen molar-refractivity contribution in [3.05, 3.63) is 0 Å². The number of amides is 1. The average Bonchev–Trinajstić information content (AvgIpc) is 2.29. The van der Waals surface area contributed by atoms with Gasteiger partial charge in [0.25, 0.3) is 0 Å². The standard InChI is InChI=1S/C11H23N3O3S2/c1-13(8-9-19(3,16)17)6-5-11(15)14(2)7-4-10(12)18/h4-9H2,1-3H3,(H2,12,18). The molecule has 8 heteroatoms. The highest BCUT2D eigenvalue weighted by Gasteiger charge is 2.11. The van der Waals surface area contributed by atoms with Gasteiger partial charge in [-0.05, 0) is 7.05 Å². The Morgan fingerprint density at radius 3 is 2.21 bits per heavy atom. The molecule has 0 rings (SSSR count). The Morgan fingerprint density at radius 2 is 1.74 bits per heavy atom. The van der Waals surface area contributed by atoms with Gasteiger partial charge in [0.05, 0.1) is 10.7 Å². The number of nitrogens with zero attached hydrogens (tertiary/aromatic N) is 2. The van der Waals surface area contributed by atoms with Crippen LogP contribution in [0.25, 0.3) is 0 Å². The highest BCUT2D eigenvalue weighted by Crippen LogP contribution is 1.96. The van der Waals surface area contributed by atoms with Gasteiger partial charge in [0, 0.05) is 45.8 Å². The van der Waals surface area contributed by atoms with Gasteiger partial charge in [-0.15, -0.1) is 0 Å². The van der Waals surface area contributed by atoms with Crippen molar-refractivity contribution in [2.75, 3.05) is 45.7 Å². The van der Waals surface area contributed by atoms with Crippen LogP contribution < -0.4 is 5.73 Å². The number of carbonyl (C=O) groups excluding carboxylic acids is 1. The van der Waals surface area contributed by atoms with Gasteiger partial charge in [-0.3, -0.25) is 4.79 Å². The van der Waals surface area contributed by atoms with E-state index in [-0.39, 0.29) is 11.7 Å². The Balaban J connectivity index is 3.91. The maximum atomic E-state index is 11.8. The molecule has 6 nitrogen and oxygen atoms in total. The normalized spacial score (nSPS) is 11.6. The summed E-state index contributed by atoms with van der Waals surface area (Å²) in [4.78, 5) is 15.6. The second kappa shape index (κ2) is 8.44. The maximum Gasteiger partial charge on any atom is 0.223 e. The minimum atomic E-state index is -2.96. The lowest BCUT2D eigenvalue weighted by atomic mass is 10.3. The third-order valence-electron chi connectivity index (χ3n) is 2.67. The number of hydrogen-bond acceptors (Lipinski definition) is 5. The van der Waals surface area contributed by atoms with Crippen molar-refractivity contribution in [3.8, 4) is 0 Å². The third kappa shape index (κ3) is 10.8. The van der Waals surface area contributed by atoms with Crippen LogP contribution in [0.1, 0.15) is 12.8 Å². The number of carbonyl (C=O) groups is 1. The number of nitrogens with two attached hydrogens (primary N) is 1. The van der Waals surface area contributed by atoms with Gasteiger partial charge in [-0.1, -0.05) is 12.2 Å². The molecule has 0 radical (unpaired) electrons. The van der Waals surface area contributed by atoms with E-state index in [1.807, 2.05) is 4.90 Å². The maximum absolute atomic E-state index is 11.8. The van der Waals surface area contributed by atoms with Crippen LogP contribution in [0.4, 0.5) is 0 Å². The molecular weight excluding hydrogens is 286 g/mol. The fraction of sp³-hybridized carbons (Fsp3) is 0.818. The van der Waals surface area contributed by atoms with Gasteiger partial charge >= 0.3 is 0 Å². The highest BCUT2D eigenvalue weighted by atomic mass is 32.2. The van der Waals surface area contributed by atoms with E-state index in [0.29, 0.717) is 37.5 Å². The lowest BCUT2D eigenvalue weighted by Gasteiger charge is -2.20. The van der Waals surface area contributed by atoms with Crippen LogP contribution in [-0.4, -0.2) is 74.9 Å². The van der Waals surface area contributed by atoms with Crippen LogP contribution in [0.15, 0.2) is 0 Å². The van der Waals surface area contributed by atoms with Crippen LogP contribution in [0.2, 0.25) is 0 Å². The summed E-state index contributed by atoms with van der Waals surface area (Å²) in [6.07, 6.45) is 2.07. The lowest BCUT2D eigenvalue weighted by molar-refractivity contribution is -0.130. The number of hydrogen-bond donors (Lipinski definition) is 1. The second-order valence-corrected chi connectivity index (χ2v) is 7.50. The van der Waals surface area contributed by atoms with Crippen molar-refractivity contribution in [2.24, 2.45) is 5.73 Å². The largest absolute Gasteiger partial charge is 0.393 e. The first kappa shape index (κ1) is 18.3. The summed E-state index contributed by atoms with van der Waals surface area (Å²) in [5, 5.41) is 0. The number of sulfone groups is 1. The summed E-state index contributed by atoms with van der Waals surface area (Å²) in [6.45, 7) is 1.48. The van der Waals surface area contributed by atoms with Gasteiger partial charge in [-0.25, -0.2) is 8.42 Å². The third-order valence-corrected chi connectivity index (χ3v) is 3.80. The van der Waals surface area contributed by atoms with E-state index in [1.54, 1.807) is 19.0 Å². The molecule has 0 saturated carbocycles. The smallest absolute Gasteiger partial charge is 0.223 e. The zero-order valence-corrected chi connectivity index (χ0v) is 13.4. The first-order chi connectivity index (χ1) is 8.61. The molecule has 1 amide bonds. The van der Waals surface area contributed by atoms with Gasteiger partial charge in [-0.2, -0.15) is 0 Å². The molecule has 2 N–H and O–H groups in total. The second-order valence-electron chi connectivity index (χ2n) is 4.71. The van der Waals surface area contributed by atoms with Crippen molar-refractivity contribution in [1.29, 1.82) is 0 Å². The molecule has 0 aromatic carbocycles. The van der Waals surface area contributed by atoms with Crippen molar-refractivity contribution >= 4 is 33.0 Å². The Bertz CT molecular complexity index is 409. The van der Waals surface area contributed by atoms with Gasteiger partial charge in [0.2, 0.25) is 5.91 Å². The van der Waals surface area contributed by atoms with E-state index in [0.717, 1.165) is 0 Å². The number of thiocarbonyl (C=S) groups is 1. The Labute approximate surface area is 120 Å². The summed E-state index contributed by atoms with van der Waals surface area (Å²) in [7, 11) is 0.547. The molecule has 0 aromatic heterocycles. The zero-order valence-electron chi connectivity index (χ0n) is 11.8. The minimum Gasteiger partial charge on any atom is -0.393 e. The predicted octanol–water partition coefficient (Wildman–Crippen LogP) is -0.512. The van der Waals surface area contributed by atoms with Crippen LogP contribution >= 0.6 is 12.2 Å². The van der Waals surface area contributed by atoms with E-state index in [9.17, 15) is 13.2 Å². The predicted molar refractivity (Wildman–Crippen MR) is 80.9 cm³/mol. The molecule has 19 heavy (non-hydrogen) atoms. The summed E-state index contributed by atoms with van der Waals surface area (Å²) in [6, 6.07) is 0. The lowest BCUT2D eigenvalue weighted by Crippen LogP contribution is -2.34. The minimum absolute atomic E-state index is 0.00227. The zero-order chi connectivity index (χ0) is 15.1. The molecule has 0 spiro atoms. The summed E-state index contributed by atoms with van der Waals surface area (Å²) in [5.74, 6) is 0.108. The monoisotopic (exact) mass is 309 g/mol. The summed E-state index contributed by atoms with van der Waals surface area (Å²) in [5.41, 5.74) is 5.37. The van der Waals surface area contributed by atoms with E-state index in [4.69, 9.17) is 18.0 Å². The molecule has 0 unspecified atom stereocenters. The fourth-order valence-corrected chi connectivity index (χ4v) is 2.05. The molecule has 0 bridgehead atoms. The molecule has 0 aliphatic rings. The molecule has 0 aliphatic carbocycles. The van der Waals surface area contributed by atoms with Crippen LogP contribution in [0.3, 0.4) is 0 Å². The molecule has 0 fully saturated rings. The van der Waals surface area contributed by atoms with E-state index in [1.165, 1.54) is 6.26 Å². The molecular formula is C11H23N3O3S2. The summed E-state index contributed by atoms with van der Waals surface area (Å²) < 4.78 is 22.0. The molecule has 0 aromatic rings. The topological polar surface area (TPSA) is 83.7 Å². The SMILES string of the molecule is CN(CCC(=O)N(C)CCC(N)=S)CCS(C)(=O)=O. The van der Waals surface area contributed by atoms with Crippen molar-refractivity contribution in [3.63, 3.8) is 0 Å². The molecule has 112 valence electrons. The average molecular weight is 309 g/mol. The summed E-state index contributed by atoms with van der Waals surface area (Å²) >= 11 is 4.75. The first-order valence-corrected chi connectivity index (χ1v) is 8.47. The van der Waals surface area contributed by atoms with E-state index >= 15 is 0 Å². The van der Waals surface area contributed by atoms with Gasteiger partial charge in [0.15, 0.2) is 0 Å². The Kier molecular flexibility index (Phi) is 8.12. The number of rotatable bonds is 9. The highest BCUT2D eigenvalue weighted by molar-refractivity contribution is 7.90. The first-order valence-electron chi connectivity index (χ1n) is 6.00. The van der Waals surface area contributed by atoms with Crippen LogP contribution in [-0.2, 0) is 14.6 Å². The molecule has 0 atom stereocenters. The molecule has 0 aliphatic heterocycles. The Morgan fingerprint density at radius 1 is 1.16 bits per heavy atom. The van der Waals surface area contributed by atoms with Crippen LogP contribution in [0.5, 0.6) is 0 Å². The van der Waals surface area contributed by atoms with Crippen molar-refractivity contribution < 1.29 is 13.2 Å².